The van der Waals surface area contributed by atoms with Crippen LogP contribution in [0.1, 0.15) is 31.9 Å². The summed E-state index contributed by atoms with van der Waals surface area (Å²) in [6.07, 6.45) is 0.776. The van der Waals surface area contributed by atoms with Gasteiger partial charge in [-0.1, -0.05) is 44.2 Å². The van der Waals surface area contributed by atoms with Crippen LogP contribution in [-0.4, -0.2) is 21.6 Å². The molecule has 0 amide bonds. The van der Waals surface area contributed by atoms with E-state index in [1.807, 2.05) is 44.2 Å². The van der Waals surface area contributed by atoms with Gasteiger partial charge in [0.2, 0.25) is 10.0 Å². The topological polar surface area (TPSA) is 64.6 Å². The van der Waals surface area contributed by atoms with Crippen LogP contribution in [0.3, 0.4) is 0 Å². The molecule has 0 saturated carbocycles. The number of benzene rings is 2. The summed E-state index contributed by atoms with van der Waals surface area (Å²) >= 11 is 0. The van der Waals surface area contributed by atoms with Crippen LogP contribution >= 0.6 is 0 Å². The van der Waals surface area contributed by atoms with Crippen LogP contribution in [-0.2, 0) is 10.0 Å². The van der Waals surface area contributed by atoms with Crippen LogP contribution in [0.15, 0.2) is 53.4 Å². The summed E-state index contributed by atoms with van der Waals surface area (Å²) in [5.74, 6) is 1.17. The van der Waals surface area contributed by atoms with E-state index in [-0.39, 0.29) is 16.9 Å². The van der Waals surface area contributed by atoms with Gasteiger partial charge in [-0.2, -0.15) is 0 Å². The first-order chi connectivity index (χ1) is 12.0. The molecule has 1 aliphatic heterocycles. The molecular weight excluding hydrogens is 338 g/mol. The molecule has 0 saturated heterocycles. The van der Waals surface area contributed by atoms with Crippen molar-refractivity contribution in [1.82, 2.24) is 4.72 Å². The molecule has 0 fully saturated rings. The van der Waals surface area contributed by atoms with Crippen LogP contribution in [0.4, 0.5) is 0 Å². The summed E-state index contributed by atoms with van der Waals surface area (Å²) in [5.41, 5.74) is 0.940. The Hall–Kier alpha value is -2.05. The predicted molar refractivity (Wildman–Crippen MR) is 96.4 cm³/mol. The Morgan fingerprint density at radius 1 is 0.960 bits per heavy atom. The van der Waals surface area contributed by atoms with E-state index in [4.69, 9.17) is 9.47 Å². The first-order valence-electron chi connectivity index (χ1n) is 8.44. The monoisotopic (exact) mass is 361 g/mol. The van der Waals surface area contributed by atoms with Crippen LogP contribution in [0.25, 0.3) is 0 Å². The molecule has 0 aromatic heterocycles. The van der Waals surface area contributed by atoms with E-state index >= 15 is 0 Å². The number of nitrogens with one attached hydrogen (secondary N) is 1. The number of ether oxygens (including phenoxy) is 2. The quantitative estimate of drug-likeness (QED) is 0.885. The average molecular weight is 361 g/mol. The molecule has 0 aliphatic carbocycles. The summed E-state index contributed by atoms with van der Waals surface area (Å²) < 4.78 is 39.8. The number of sulfonamides is 1. The Bertz CT molecular complexity index is 819. The molecule has 2 aromatic rings. The third-order valence-electron chi connectivity index (χ3n) is 4.14. The first-order valence-corrected chi connectivity index (χ1v) is 9.92. The lowest BCUT2D eigenvalue weighted by atomic mass is 9.97. The summed E-state index contributed by atoms with van der Waals surface area (Å²) in [5, 5.41) is 0. The van der Waals surface area contributed by atoms with Gasteiger partial charge in [0.05, 0.1) is 18.1 Å². The highest BCUT2D eigenvalue weighted by Gasteiger charge is 2.25. The van der Waals surface area contributed by atoms with E-state index in [1.165, 1.54) is 6.07 Å². The van der Waals surface area contributed by atoms with Crippen molar-refractivity contribution in [1.29, 1.82) is 0 Å². The maximum atomic E-state index is 12.9. The van der Waals surface area contributed by atoms with Crippen LogP contribution < -0.4 is 14.2 Å². The molecule has 1 heterocycles. The van der Waals surface area contributed by atoms with Gasteiger partial charge in [-0.05, 0) is 23.6 Å². The van der Waals surface area contributed by atoms with Crippen molar-refractivity contribution >= 4 is 10.0 Å². The average Bonchev–Trinajstić information content (AvgIpc) is 2.85. The van der Waals surface area contributed by atoms with Crippen molar-refractivity contribution in [3.63, 3.8) is 0 Å². The van der Waals surface area contributed by atoms with Crippen molar-refractivity contribution in [2.75, 3.05) is 13.2 Å². The number of hydrogen-bond donors (Lipinski definition) is 1. The minimum Gasteiger partial charge on any atom is -0.490 e. The van der Waals surface area contributed by atoms with Gasteiger partial charge in [0.15, 0.2) is 11.5 Å². The lowest BCUT2D eigenvalue weighted by Crippen LogP contribution is -2.31. The zero-order valence-electron chi connectivity index (χ0n) is 14.4. The van der Waals surface area contributed by atoms with Gasteiger partial charge >= 0.3 is 0 Å². The van der Waals surface area contributed by atoms with Crippen molar-refractivity contribution in [3.8, 4) is 11.5 Å². The lowest BCUT2D eigenvalue weighted by Gasteiger charge is -2.23. The first kappa shape index (κ1) is 17.8. The maximum absolute atomic E-state index is 12.9. The number of rotatable bonds is 5. The summed E-state index contributed by atoms with van der Waals surface area (Å²) in [7, 11) is -3.68. The van der Waals surface area contributed by atoms with Gasteiger partial charge < -0.3 is 9.47 Å². The predicted octanol–water partition coefficient (Wildman–Crippen LogP) is 3.52. The maximum Gasteiger partial charge on any atom is 0.241 e. The molecule has 134 valence electrons. The Morgan fingerprint density at radius 3 is 2.32 bits per heavy atom. The minimum atomic E-state index is -3.68. The smallest absolute Gasteiger partial charge is 0.241 e. The van der Waals surface area contributed by atoms with E-state index in [9.17, 15) is 8.42 Å². The van der Waals surface area contributed by atoms with E-state index in [1.54, 1.807) is 12.1 Å². The number of hydrogen-bond acceptors (Lipinski definition) is 4. The molecule has 6 heteroatoms. The lowest BCUT2D eigenvalue weighted by molar-refractivity contribution is 0.297. The SMILES string of the molecule is CC(C)C(NS(=O)(=O)c1ccc2c(c1)OCCCO2)c1ccccc1. The third kappa shape index (κ3) is 4.14. The Kier molecular flexibility index (Phi) is 5.30. The Balaban J connectivity index is 1.89. The number of fused-ring (bicyclic) bond motifs is 1. The molecule has 1 aliphatic rings. The normalized spacial score (nSPS) is 15.6. The van der Waals surface area contributed by atoms with E-state index in [0.29, 0.717) is 24.7 Å². The van der Waals surface area contributed by atoms with Crippen molar-refractivity contribution in [2.45, 2.75) is 31.2 Å². The summed E-state index contributed by atoms with van der Waals surface area (Å²) in [6, 6.07) is 14.0. The van der Waals surface area contributed by atoms with Gasteiger partial charge in [0, 0.05) is 18.5 Å². The molecule has 3 rings (SSSR count). The summed E-state index contributed by atoms with van der Waals surface area (Å²) in [4.78, 5) is 0.179. The molecule has 2 aromatic carbocycles. The molecule has 1 unspecified atom stereocenters. The fraction of sp³-hybridized carbons (Fsp3) is 0.368. The molecular formula is C19H23NO4S. The molecule has 5 nitrogen and oxygen atoms in total. The van der Waals surface area contributed by atoms with Crippen molar-refractivity contribution in [2.24, 2.45) is 5.92 Å². The van der Waals surface area contributed by atoms with Gasteiger partial charge in [0.25, 0.3) is 0 Å². The zero-order valence-corrected chi connectivity index (χ0v) is 15.3. The second-order valence-electron chi connectivity index (χ2n) is 6.41. The molecule has 0 spiro atoms. The molecule has 1 atom stereocenters. The van der Waals surface area contributed by atoms with Gasteiger partial charge in [-0.25, -0.2) is 13.1 Å². The van der Waals surface area contributed by atoms with Crippen LogP contribution in [0.2, 0.25) is 0 Å². The molecule has 1 N–H and O–H groups in total. The van der Waals surface area contributed by atoms with Crippen LogP contribution in [0.5, 0.6) is 11.5 Å². The standard InChI is InChI=1S/C19H23NO4S/c1-14(2)19(15-7-4-3-5-8-15)20-25(21,22)16-9-10-17-18(13-16)24-12-6-11-23-17/h3-5,7-10,13-14,19-20H,6,11-12H2,1-2H3. The van der Waals surface area contributed by atoms with E-state index < -0.39 is 10.0 Å². The van der Waals surface area contributed by atoms with Gasteiger partial charge in [-0.3, -0.25) is 0 Å². The molecule has 25 heavy (non-hydrogen) atoms. The second kappa shape index (κ2) is 7.45. The second-order valence-corrected chi connectivity index (χ2v) is 8.13. The van der Waals surface area contributed by atoms with Crippen LogP contribution in [0, 0.1) is 5.92 Å². The third-order valence-corrected chi connectivity index (χ3v) is 5.58. The highest BCUT2D eigenvalue weighted by atomic mass is 32.2. The highest BCUT2D eigenvalue weighted by Crippen LogP contribution is 2.33. The largest absolute Gasteiger partial charge is 0.490 e. The van der Waals surface area contributed by atoms with Crippen molar-refractivity contribution < 1.29 is 17.9 Å². The van der Waals surface area contributed by atoms with E-state index in [2.05, 4.69) is 4.72 Å². The molecule has 0 radical (unpaired) electrons. The van der Waals surface area contributed by atoms with Crippen molar-refractivity contribution in [3.05, 3.63) is 54.1 Å². The van der Waals surface area contributed by atoms with Gasteiger partial charge in [-0.15, -0.1) is 0 Å². The minimum absolute atomic E-state index is 0.109. The highest BCUT2D eigenvalue weighted by molar-refractivity contribution is 7.89. The van der Waals surface area contributed by atoms with E-state index in [0.717, 1.165) is 12.0 Å². The fourth-order valence-corrected chi connectivity index (χ4v) is 4.18. The summed E-state index contributed by atoms with van der Waals surface area (Å²) in [6.45, 7) is 5.08. The van der Waals surface area contributed by atoms with Gasteiger partial charge in [0.1, 0.15) is 0 Å². The zero-order chi connectivity index (χ0) is 17.9. The fourth-order valence-electron chi connectivity index (χ4n) is 2.80. The Morgan fingerprint density at radius 2 is 1.64 bits per heavy atom. The molecule has 0 bridgehead atoms. The Labute approximate surface area is 149 Å².